The first-order valence-corrected chi connectivity index (χ1v) is 9.73. The first-order chi connectivity index (χ1) is 13.1. The van der Waals surface area contributed by atoms with Crippen molar-refractivity contribution in [2.24, 2.45) is 11.1 Å². The molecule has 1 aromatic rings. The molecule has 0 saturated carbocycles. The van der Waals surface area contributed by atoms with Crippen molar-refractivity contribution in [3.05, 3.63) is 48.7 Å². The number of nitro groups is 1. The Morgan fingerprint density at radius 3 is 2.71 bits per heavy atom. The van der Waals surface area contributed by atoms with E-state index in [0.717, 1.165) is 0 Å². The van der Waals surface area contributed by atoms with Crippen LogP contribution in [-0.4, -0.2) is 23.3 Å². The molecule has 8 nitrogen and oxygen atoms in total. The third kappa shape index (κ3) is 3.42. The summed E-state index contributed by atoms with van der Waals surface area (Å²) < 4.78 is 10.8. The molecule has 28 heavy (non-hydrogen) atoms. The van der Waals surface area contributed by atoms with E-state index in [9.17, 15) is 19.7 Å². The number of carbonyl (C=O) groups is 2. The lowest BCUT2D eigenvalue weighted by molar-refractivity contribution is -0.385. The topological polar surface area (TPSA) is 122 Å². The Morgan fingerprint density at radius 1 is 1.46 bits per heavy atom. The van der Waals surface area contributed by atoms with Crippen molar-refractivity contribution < 1.29 is 24.0 Å². The van der Waals surface area contributed by atoms with Gasteiger partial charge in [0.25, 0.3) is 5.69 Å². The monoisotopic (exact) mass is 406 g/mol. The van der Waals surface area contributed by atoms with Gasteiger partial charge in [0.15, 0.2) is 5.78 Å². The fraction of sp³-hybridized carbons (Fsp3) is 0.474. The Morgan fingerprint density at radius 2 is 2.14 bits per heavy atom. The molecule has 1 atom stereocenters. The van der Waals surface area contributed by atoms with E-state index in [1.165, 1.54) is 17.4 Å². The van der Waals surface area contributed by atoms with Gasteiger partial charge in [-0.1, -0.05) is 13.8 Å². The average molecular weight is 406 g/mol. The van der Waals surface area contributed by atoms with E-state index < -0.39 is 16.8 Å². The number of Topliss-reactive ketones (excluding diaryl/α,β-unsaturated/α-hetero) is 1. The molecule has 0 aromatic carbocycles. The lowest BCUT2D eigenvalue weighted by atomic mass is 9.71. The number of rotatable bonds is 4. The Hall–Kier alpha value is -2.68. The summed E-state index contributed by atoms with van der Waals surface area (Å²) in [4.78, 5) is 37.4. The highest BCUT2D eigenvalue weighted by atomic mass is 32.1. The largest absolute Gasteiger partial charge is 0.462 e. The van der Waals surface area contributed by atoms with Crippen LogP contribution in [-0.2, 0) is 19.1 Å². The van der Waals surface area contributed by atoms with Crippen molar-refractivity contribution >= 4 is 28.8 Å². The van der Waals surface area contributed by atoms with Gasteiger partial charge in [-0.2, -0.15) is 0 Å². The van der Waals surface area contributed by atoms with Gasteiger partial charge in [0, 0.05) is 29.4 Å². The van der Waals surface area contributed by atoms with Crippen LogP contribution >= 0.6 is 11.3 Å². The molecule has 1 aromatic heterocycles. The maximum Gasteiger partial charge on any atom is 0.340 e. The van der Waals surface area contributed by atoms with Crippen molar-refractivity contribution in [1.82, 2.24) is 0 Å². The smallest absolute Gasteiger partial charge is 0.340 e. The predicted octanol–water partition coefficient (Wildman–Crippen LogP) is 3.46. The molecular formula is C19H22N2O6S. The van der Waals surface area contributed by atoms with Gasteiger partial charge in [-0.25, -0.2) is 4.79 Å². The van der Waals surface area contributed by atoms with Gasteiger partial charge in [0.1, 0.15) is 11.3 Å². The molecule has 150 valence electrons. The predicted molar refractivity (Wildman–Crippen MR) is 102 cm³/mol. The highest BCUT2D eigenvalue weighted by Gasteiger charge is 2.46. The number of hydrogen-bond donors (Lipinski definition) is 1. The van der Waals surface area contributed by atoms with Gasteiger partial charge < -0.3 is 15.2 Å². The van der Waals surface area contributed by atoms with Gasteiger partial charge >= 0.3 is 5.97 Å². The molecule has 0 fully saturated rings. The summed E-state index contributed by atoms with van der Waals surface area (Å²) in [6.45, 7) is 7.32. The van der Waals surface area contributed by atoms with E-state index in [1.54, 1.807) is 13.8 Å². The van der Waals surface area contributed by atoms with E-state index in [-0.39, 0.29) is 41.4 Å². The SMILES string of the molecule is CCOC(=O)C1=C(N)OC2=C(C(=O)CC(C)(C)C2)[C@H]1c1cc([N+](=O)[O-])c(C)s1. The third-order valence-electron chi connectivity index (χ3n) is 4.84. The quantitative estimate of drug-likeness (QED) is 0.461. The summed E-state index contributed by atoms with van der Waals surface area (Å²) in [5, 5.41) is 11.3. The van der Waals surface area contributed by atoms with Crippen LogP contribution in [0, 0.1) is 22.5 Å². The Labute approximate surface area is 166 Å². The maximum absolute atomic E-state index is 13.0. The second-order valence-corrected chi connectivity index (χ2v) is 8.95. The number of ether oxygens (including phenoxy) is 2. The van der Waals surface area contributed by atoms with E-state index in [1.807, 2.05) is 13.8 Å². The molecule has 1 aliphatic heterocycles. The number of nitrogens with two attached hydrogens (primary N) is 1. The Balaban J connectivity index is 2.21. The highest BCUT2D eigenvalue weighted by molar-refractivity contribution is 7.12. The van der Waals surface area contributed by atoms with Crippen molar-refractivity contribution in [2.75, 3.05) is 6.61 Å². The molecule has 2 aliphatic rings. The lowest BCUT2D eigenvalue weighted by Gasteiger charge is -2.37. The molecule has 0 radical (unpaired) electrons. The molecule has 9 heteroatoms. The lowest BCUT2D eigenvalue weighted by Crippen LogP contribution is -2.35. The summed E-state index contributed by atoms with van der Waals surface area (Å²) in [6.07, 6.45) is 0.766. The van der Waals surface area contributed by atoms with E-state index >= 15 is 0 Å². The van der Waals surface area contributed by atoms with Crippen LogP contribution in [0.15, 0.2) is 28.9 Å². The van der Waals surface area contributed by atoms with Gasteiger partial charge in [0.05, 0.1) is 22.3 Å². The Bertz CT molecular complexity index is 940. The highest BCUT2D eigenvalue weighted by Crippen LogP contribution is 2.50. The zero-order chi connectivity index (χ0) is 20.8. The van der Waals surface area contributed by atoms with Gasteiger partial charge in [-0.05, 0) is 19.3 Å². The van der Waals surface area contributed by atoms with E-state index in [2.05, 4.69) is 0 Å². The second kappa shape index (κ2) is 7.05. The van der Waals surface area contributed by atoms with Gasteiger partial charge in [-0.15, -0.1) is 11.3 Å². The summed E-state index contributed by atoms with van der Waals surface area (Å²) in [6, 6.07) is 1.40. The fourth-order valence-electron chi connectivity index (χ4n) is 3.70. The van der Waals surface area contributed by atoms with Crippen LogP contribution in [0.25, 0.3) is 0 Å². The molecule has 0 unspecified atom stereocenters. The van der Waals surface area contributed by atoms with E-state index in [4.69, 9.17) is 15.2 Å². The number of allylic oxidation sites excluding steroid dienone is 2. The molecule has 0 spiro atoms. The standard InChI is InChI=1S/C19H22N2O6S/c1-5-26-18(23)16-15(13-6-10(21(24)25)9(2)28-13)14-11(22)7-19(3,4)8-12(14)27-17(16)20/h6,15H,5,7-8,20H2,1-4H3/t15-/m1/s1. The first kappa shape index (κ1) is 20.1. The third-order valence-corrected chi connectivity index (χ3v) is 5.95. The second-order valence-electron chi connectivity index (χ2n) is 7.66. The number of hydrogen-bond acceptors (Lipinski definition) is 8. The van der Waals surface area contributed by atoms with Crippen molar-refractivity contribution in [2.45, 2.75) is 46.5 Å². The fourth-order valence-corrected chi connectivity index (χ4v) is 4.81. The molecule has 0 saturated heterocycles. The molecular weight excluding hydrogens is 384 g/mol. The number of aryl methyl sites for hydroxylation is 1. The minimum atomic E-state index is -0.830. The first-order valence-electron chi connectivity index (χ1n) is 8.91. The number of esters is 1. The minimum Gasteiger partial charge on any atom is -0.462 e. The number of thiophene rings is 1. The number of nitrogens with zero attached hydrogens (tertiary/aromatic N) is 1. The van der Waals surface area contributed by atoms with Crippen LogP contribution in [0.5, 0.6) is 0 Å². The zero-order valence-electron chi connectivity index (χ0n) is 16.2. The molecule has 3 rings (SSSR count). The van der Waals surface area contributed by atoms with E-state index in [0.29, 0.717) is 27.5 Å². The summed E-state index contributed by atoms with van der Waals surface area (Å²) in [5.41, 5.74) is 6.06. The minimum absolute atomic E-state index is 0.0183. The van der Waals surface area contributed by atoms with Crippen molar-refractivity contribution in [3.63, 3.8) is 0 Å². The number of carbonyl (C=O) groups excluding carboxylic acids is 2. The summed E-state index contributed by atoms with van der Waals surface area (Å²) >= 11 is 1.17. The van der Waals surface area contributed by atoms with Crippen LogP contribution in [0.3, 0.4) is 0 Å². The Kier molecular flexibility index (Phi) is 5.05. The van der Waals surface area contributed by atoms with Crippen molar-refractivity contribution in [3.8, 4) is 0 Å². The normalized spacial score (nSPS) is 21.3. The molecule has 1 aliphatic carbocycles. The summed E-state index contributed by atoms with van der Waals surface area (Å²) in [7, 11) is 0. The molecule has 2 heterocycles. The average Bonchev–Trinajstić information content (AvgIpc) is 2.94. The molecule has 2 N–H and O–H groups in total. The molecule has 0 bridgehead atoms. The number of ketones is 1. The maximum atomic E-state index is 13.0. The van der Waals surface area contributed by atoms with Crippen LogP contribution in [0.1, 0.15) is 49.3 Å². The van der Waals surface area contributed by atoms with Crippen LogP contribution < -0.4 is 5.73 Å². The molecule has 0 amide bonds. The van der Waals surface area contributed by atoms with Crippen LogP contribution in [0.2, 0.25) is 0 Å². The summed E-state index contributed by atoms with van der Waals surface area (Å²) in [5.74, 6) is -1.38. The van der Waals surface area contributed by atoms with Gasteiger partial charge in [0.2, 0.25) is 5.88 Å². The van der Waals surface area contributed by atoms with Gasteiger partial charge in [-0.3, -0.25) is 14.9 Å². The van der Waals surface area contributed by atoms with Crippen LogP contribution in [0.4, 0.5) is 5.69 Å². The zero-order valence-corrected chi connectivity index (χ0v) is 17.0. The van der Waals surface area contributed by atoms with Crippen molar-refractivity contribution in [1.29, 1.82) is 0 Å².